The molecule has 1 amide bonds. The summed E-state index contributed by atoms with van der Waals surface area (Å²) in [4.78, 5) is 13.0. The van der Waals surface area contributed by atoms with E-state index < -0.39 is 37.9 Å². The number of fused-ring (bicyclic) bond motifs is 1. The van der Waals surface area contributed by atoms with E-state index in [1.54, 1.807) is 25.1 Å². The van der Waals surface area contributed by atoms with Crippen LogP contribution in [0, 0.1) is 0 Å². The van der Waals surface area contributed by atoms with Gasteiger partial charge in [0, 0.05) is 11.3 Å². The van der Waals surface area contributed by atoms with Gasteiger partial charge in [0.05, 0.1) is 29.4 Å². The summed E-state index contributed by atoms with van der Waals surface area (Å²) in [6, 6.07) is 10.2. The molecule has 2 atom stereocenters. The van der Waals surface area contributed by atoms with Gasteiger partial charge in [0.15, 0.2) is 15.9 Å². The van der Waals surface area contributed by atoms with Crippen molar-refractivity contribution in [3.8, 4) is 5.75 Å². The molecular weight excluding hydrogens is 452 g/mol. The lowest BCUT2D eigenvalue weighted by Gasteiger charge is -2.34. The number of halogens is 1. The summed E-state index contributed by atoms with van der Waals surface area (Å²) < 4.78 is 54.4. The number of hydrogen-bond acceptors (Lipinski definition) is 6. The van der Waals surface area contributed by atoms with Crippen molar-refractivity contribution in [2.45, 2.75) is 24.0 Å². The molecule has 0 radical (unpaired) electrons. The molecule has 1 N–H and O–H groups in total. The standard InChI is InChI=1S/C19H21ClN2O6S2/c1-12(13-4-7-15(8-5-13)29(2,24)25)21-19(23)18-11-22(30(3,26)27)16-10-14(20)6-9-17(16)28-18/h4-10,12,18H,11H2,1-3H3,(H,21,23). The lowest BCUT2D eigenvalue weighted by Crippen LogP contribution is -2.50. The molecule has 3 rings (SSSR count). The van der Waals surface area contributed by atoms with Crippen molar-refractivity contribution in [1.29, 1.82) is 0 Å². The van der Waals surface area contributed by atoms with Crippen LogP contribution in [0.2, 0.25) is 5.02 Å². The molecule has 0 bridgehead atoms. The molecule has 1 heterocycles. The molecule has 2 aromatic rings. The Kier molecular flexibility index (Phi) is 6.03. The summed E-state index contributed by atoms with van der Waals surface area (Å²) in [7, 11) is -6.98. The van der Waals surface area contributed by atoms with Gasteiger partial charge in [0.1, 0.15) is 5.75 Å². The molecule has 0 saturated carbocycles. The Hall–Kier alpha value is -2.30. The summed E-state index contributed by atoms with van der Waals surface area (Å²) in [6.45, 7) is 1.54. The predicted molar refractivity (Wildman–Crippen MR) is 114 cm³/mol. The Morgan fingerprint density at radius 3 is 2.33 bits per heavy atom. The minimum atomic E-state index is -3.66. The van der Waals surface area contributed by atoms with Gasteiger partial charge in [-0.1, -0.05) is 23.7 Å². The maximum absolute atomic E-state index is 12.8. The Morgan fingerprint density at radius 2 is 1.77 bits per heavy atom. The lowest BCUT2D eigenvalue weighted by molar-refractivity contribution is -0.128. The highest BCUT2D eigenvalue weighted by molar-refractivity contribution is 7.92. The number of sulfone groups is 1. The van der Waals surface area contributed by atoms with Crippen molar-refractivity contribution in [1.82, 2.24) is 5.32 Å². The molecule has 1 aliphatic rings. The van der Waals surface area contributed by atoms with Crippen LogP contribution in [0.3, 0.4) is 0 Å². The second-order valence-corrected chi connectivity index (χ2v) is 11.4. The van der Waals surface area contributed by atoms with Crippen molar-refractivity contribution >= 4 is 43.1 Å². The number of nitrogens with zero attached hydrogens (tertiary/aromatic N) is 1. The molecule has 0 aliphatic carbocycles. The van der Waals surface area contributed by atoms with E-state index in [0.717, 1.165) is 16.8 Å². The molecular formula is C19H21ClN2O6S2. The monoisotopic (exact) mass is 472 g/mol. The lowest BCUT2D eigenvalue weighted by atomic mass is 10.1. The fourth-order valence-corrected chi connectivity index (χ4v) is 4.77. The summed E-state index contributed by atoms with van der Waals surface area (Å²) in [5.41, 5.74) is 0.970. The molecule has 30 heavy (non-hydrogen) atoms. The van der Waals surface area contributed by atoms with E-state index in [9.17, 15) is 21.6 Å². The van der Waals surface area contributed by atoms with Crippen LogP contribution < -0.4 is 14.4 Å². The number of rotatable bonds is 5. The summed E-state index contributed by atoms with van der Waals surface area (Å²) in [6.07, 6.45) is 1.10. The number of ether oxygens (including phenoxy) is 1. The molecule has 1 aliphatic heterocycles. The van der Waals surface area contributed by atoms with Crippen LogP contribution in [0.5, 0.6) is 5.75 Å². The van der Waals surface area contributed by atoms with E-state index in [1.165, 1.54) is 24.3 Å². The van der Waals surface area contributed by atoms with Gasteiger partial charge in [-0.3, -0.25) is 9.10 Å². The maximum atomic E-state index is 12.8. The SMILES string of the molecule is CC(NC(=O)C1CN(S(C)(=O)=O)c2cc(Cl)ccc2O1)c1ccc(S(C)(=O)=O)cc1. The minimum Gasteiger partial charge on any atom is -0.476 e. The van der Waals surface area contributed by atoms with Crippen LogP contribution in [-0.4, -0.2) is 47.9 Å². The van der Waals surface area contributed by atoms with E-state index in [2.05, 4.69) is 5.32 Å². The quantitative estimate of drug-likeness (QED) is 0.714. The average molecular weight is 473 g/mol. The number of hydrogen-bond donors (Lipinski definition) is 1. The number of carbonyl (C=O) groups excluding carboxylic acids is 1. The Morgan fingerprint density at radius 1 is 1.13 bits per heavy atom. The Balaban J connectivity index is 1.79. The average Bonchev–Trinajstić information content (AvgIpc) is 2.65. The van der Waals surface area contributed by atoms with E-state index in [0.29, 0.717) is 10.6 Å². The highest BCUT2D eigenvalue weighted by Gasteiger charge is 2.35. The second kappa shape index (κ2) is 8.09. The van der Waals surface area contributed by atoms with Crippen LogP contribution in [0.1, 0.15) is 18.5 Å². The molecule has 0 spiro atoms. The summed E-state index contributed by atoms with van der Waals surface area (Å²) in [5.74, 6) is -0.259. The molecule has 11 heteroatoms. The number of anilines is 1. The normalized spacial score (nSPS) is 17.6. The van der Waals surface area contributed by atoms with Crippen LogP contribution >= 0.6 is 11.6 Å². The number of nitrogens with one attached hydrogen (secondary N) is 1. The van der Waals surface area contributed by atoms with Crippen LogP contribution in [0.25, 0.3) is 0 Å². The van der Waals surface area contributed by atoms with Gasteiger partial charge in [-0.05, 0) is 42.8 Å². The molecule has 0 fully saturated rings. The maximum Gasteiger partial charge on any atom is 0.263 e. The fourth-order valence-electron chi connectivity index (χ4n) is 3.07. The predicted octanol–water partition coefficient (Wildman–Crippen LogP) is 2.15. The largest absolute Gasteiger partial charge is 0.476 e. The molecule has 0 aromatic heterocycles. The van der Waals surface area contributed by atoms with Gasteiger partial charge in [0.2, 0.25) is 10.0 Å². The number of carbonyl (C=O) groups is 1. The van der Waals surface area contributed by atoms with E-state index in [1.807, 2.05) is 0 Å². The molecule has 0 saturated heterocycles. The van der Waals surface area contributed by atoms with E-state index in [4.69, 9.17) is 16.3 Å². The van der Waals surface area contributed by atoms with Gasteiger partial charge in [0.25, 0.3) is 5.91 Å². The summed E-state index contributed by atoms with van der Waals surface area (Å²) >= 11 is 5.97. The van der Waals surface area contributed by atoms with Crippen LogP contribution in [-0.2, 0) is 24.7 Å². The third kappa shape index (κ3) is 4.88. The van der Waals surface area contributed by atoms with Gasteiger partial charge in [-0.15, -0.1) is 0 Å². The van der Waals surface area contributed by atoms with Crippen molar-refractivity contribution in [3.63, 3.8) is 0 Å². The van der Waals surface area contributed by atoms with Crippen molar-refractivity contribution in [2.75, 3.05) is 23.4 Å². The first kappa shape index (κ1) is 22.4. The first-order chi connectivity index (χ1) is 13.9. The van der Waals surface area contributed by atoms with Crippen LogP contribution in [0.15, 0.2) is 47.4 Å². The highest BCUT2D eigenvalue weighted by atomic mass is 35.5. The zero-order valence-electron chi connectivity index (χ0n) is 16.5. The van der Waals surface area contributed by atoms with Crippen molar-refractivity contribution in [2.24, 2.45) is 0 Å². The number of amides is 1. The van der Waals surface area contributed by atoms with Gasteiger partial charge in [-0.2, -0.15) is 0 Å². The van der Waals surface area contributed by atoms with Gasteiger partial charge < -0.3 is 10.1 Å². The fraction of sp³-hybridized carbons (Fsp3) is 0.316. The molecule has 2 aromatic carbocycles. The number of sulfonamides is 1. The van der Waals surface area contributed by atoms with Crippen LogP contribution in [0.4, 0.5) is 5.69 Å². The smallest absolute Gasteiger partial charge is 0.263 e. The topological polar surface area (TPSA) is 110 Å². The van der Waals surface area contributed by atoms with E-state index >= 15 is 0 Å². The van der Waals surface area contributed by atoms with Gasteiger partial charge >= 0.3 is 0 Å². The molecule has 2 unspecified atom stereocenters. The molecule has 8 nitrogen and oxygen atoms in total. The third-order valence-electron chi connectivity index (χ3n) is 4.65. The number of benzene rings is 2. The summed E-state index contributed by atoms with van der Waals surface area (Å²) in [5, 5.41) is 3.12. The first-order valence-corrected chi connectivity index (χ1v) is 13.0. The minimum absolute atomic E-state index is 0.180. The highest BCUT2D eigenvalue weighted by Crippen LogP contribution is 2.37. The first-order valence-electron chi connectivity index (χ1n) is 8.90. The Bertz CT molecular complexity index is 1180. The van der Waals surface area contributed by atoms with Crippen molar-refractivity contribution < 1.29 is 26.4 Å². The Labute approximate surface area is 180 Å². The van der Waals surface area contributed by atoms with E-state index in [-0.39, 0.29) is 22.9 Å². The van der Waals surface area contributed by atoms with Gasteiger partial charge in [-0.25, -0.2) is 16.8 Å². The third-order valence-corrected chi connectivity index (χ3v) is 7.16. The van der Waals surface area contributed by atoms with Crippen molar-refractivity contribution in [3.05, 3.63) is 53.1 Å². The zero-order valence-corrected chi connectivity index (χ0v) is 18.9. The zero-order chi connectivity index (χ0) is 22.3. The second-order valence-electron chi connectivity index (χ2n) is 7.08. The molecule has 162 valence electrons.